The van der Waals surface area contributed by atoms with Crippen molar-refractivity contribution in [2.45, 2.75) is 45.3 Å². The molecule has 132 valence electrons. The number of nitrogens with zero attached hydrogens (tertiary/aromatic N) is 3. The first-order valence-electron chi connectivity index (χ1n) is 9.11. The molecular formula is C21H20FN3O. The SMILES string of the molecule is Cc1nnc2n1-c1cccc(C3CCCc4cc(F)ccc43)c1COC2. The molecule has 1 aliphatic heterocycles. The summed E-state index contributed by atoms with van der Waals surface area (Å²) in [5.41, 5.74) is 5.95. The molecular weight excluding hydrogens is 329 g/mol. The van der Waals surface area contributed by atoms with Gasteiger partial charge in [0.05, 0.1) is 12.3 Å². The monoisotopic (exact) mass is 349 g/mol. The van der Waals surface area contributed by atoms with Crippen molar-refractivity contribution in [2.24, 2.45) is 0 Å². The van der Waals surface area contributed by atoms with Crippen molar-refractivity contribution in [3.63, 3.8) is 0 Å². The number of aromatic nitrogens is 3. The highest BCUT2D eigenvalue weighted by molar-refractivity contribution is 5.52. The van der Waals surface area contributed by atoms with Crippen LogP contribution in [0.25, 0.3) is 5.69 Å². The lowest BCUT2D eigenvalue weighted by Crippen LogP contribution is -2.14. The van der Waals surface area contributed by atoms with Gasteiger partial charge in [-0.05, 0) is 61.1 Å². The summed E-state index contributed by atoms with van der Waals surface area (Å²) in [6, 6.07) is 11.6. The summed E-state index contributed by atoms with van der Waals surface area (Å²) in [5.74, 6) is 1.83. The molecule has 0 saturated heterocycles. The lowest BCUT2D eigenvalue weighted by Gasteiger charge is -2.28. The number of hydrogen-bond acceptors (Lipinski definition) is 3. The van der Waals surface area contributed by atoms with Crippen LogP contribution in [0.15, 0.2) is 36.4 Å². The van der Waals surface area contributed by atoms with Crippen molar-refractivity contribution in [1.29, 1.82) is 0 Å². The molecule has 5 heteroatoms. The molecule has 0 amide bonds. The van der Waals surface area contributed by atoms with Crippen LogP contribution in [-0.2, 0) is 24.4 Å². The van der Waals surface area contributed by atoms with Crippen LogP contribution in [0.1, 0.15) is 52.7 Å². The molecule has 0 N–H and O–H groups in total. The van der Waals surface area contributed by atoms with E-state index in [1.165, 1.54) is 16.7 Å². The Hall–Kier alpha value is -2.53. The Labute approximate surface area is 151 Å². The molecule has 2 heterocycles. The molecule has 0 saturated carbocycles. The summed E-state index contributed by atoms with van der Waals surface area (Å²) in [4.78, 5) is 0. The predicted octanol–water partition coefficient (Wildman–Crippen LogP) is 4.21. The summed E-state index contributed by atoms with van der Waals surface area (Å²) in [5, 5.41) is 8.47. The first-order chi connectivity index (χ1) is 12.7. The Morgan fingerprint density at radius 2 is 2.04 bits per heavy atom. The van der Waals surface area contributed by atoms with E-state index in [2.05, 4.69) is 33.0 Å². The number of benzene rings is 2. The molecule has 1 aromatic heterocycles. The Balaban J connectivity index is 1.69. The van der Waals surface area contributed by atoms with Gasteiger partial charge in [-0.1, -0.05) is 18.2 Å². The lowest BCUT2D eigenvalue weighted by atomic mass is 9.77. The quantitative estimate of drug-likeness (QED) is 0.661. The van der Waals surface area contributed by atoms with Crippen LogP contribution >= 0.6 is 0 Å². The normalized spacial score (nSPS) is 18.6. The molecule has 4 nitrogen and oxygen atoms in total. The van der Waals surface area contributed by atoms with Gasteiger partial charge in [0.1, 0.15) is 18.2 Å². The van der Waals surface area contributed by atoms with E-state index in [4.69, 9.17) is 4.74 Å². The second-order valence-corrected chi connectivity index (χ2v) is 7.12. The molecule has 0 bridgehead atoms. The van der Waals surface area contributed by atoms with Crippen LogP contribution in [0.5, 0.6) is 0 Å². The number of ether oxygens (including phenoxy) is 1. The second-order valence-electron chi connectivity index (χ2n) is 7.12. The highest BCUT2D eigenvalue weighted by atomic mass is 19.1. The van der Waals surface area contributed by atoms with Gasteiger partial charge in [-0.25, -0.2) is 4.39 Å². The van der Waals surface area contributed by atoms with E-state index in [0.717, 1.165) is 42.2 Å². The number of fused-ring (bicyclic) bond motifs is 4. The van der Waals surface area contributed by atoms with E-state index in [-0.39, 0.29) is 11.7 Å². The summed E-state index contributed by atoms with van der Waals surface area (Å²) in [6.07, 6.45) is 3.09. The van der Waals surface area contributed by atoms with Gasteiger partial charge in [-0.2, -0.15) is 0 Å². The zero-order valence-corrected chi connectivity index (χ0v) is 14.7. The molecule has 1 atom stereocenters. The van der Waals surface area contributed by atoms with Crippen LogP contribution in [0.2, 0.25) is 0 Å². The third kappa shape index (κ3) is 2.38. The largest absolute Gasteiger partial charge is 0.369 e. The summed E-state index contributed by atoms with van der Waals surface area (Å²) in [6.45, 7) is 2.99. The molecule has 0 spiro atoms. The molecule has 0 fully saturated rings. The zero-order valence-electron chi connectivity index (χ0n) is 14.7. The topological polar surface area (TPSA) is 39.9 Å². The Morgan fingerprint density at radius 1 is 1.12 bits per heavy atom. The molecule has 2 aliphatic rings. The number of aryl methyl sites for hydroxylation is 2. The fourth-order valence-corrected chi connectivity index (χ4v) is 4.45. The molecule has 0 radical (unpaired) electrons. The maximum Gasteiger partial charge on any atom is 0.163 e. The van der Waals surface area contributed by atoms with Gasteiger partial charge in [0.25, 0.3) is 0 Å². The van der Waals surface area contributed by atoms with Crippen LogP contribution < -0.4 is 0 Å². The van der Waals surface area contributed by atoms with Gasteiger partial charge in [0.15, 0.2) is 5.82 Å². The van der Waals surface area contributed by atoms with Gasteiger partial charge >= 0.3 is 0 Å². The summed E-state index contributed by atoms with van der Waals surface area (Å²) >= 11 is 0. The minimum atomic E-state index is -0.149. The molecule has 3 aromatic rings. The van der Waals surface area contributed by atoms with Crippen LogP contribution in [0.4, 0.5) is 4.39 Å². The Bertz CT molecular complexity index is 995. The minimum Gasteiger partial charge on any atom is -0.369 e. The zero-order chi connectivity index (χ0) is 17.7. The van der Waals surface area contributed by atoms with E-state index in [9.17, 15) is 4.39 Å². The van der Waals surface area contributed by atoms with E-state index < -0.39 is 0 Å². The fourth-order valence-electron chi connectivity index (χ4n) is 4.45. The standard InChI is InChI=1S/C21H20FN3O/c1-13-23-24-21-12-26-11-19-18(6-3-7-20(19)25(13)21)17-5-2-4-14-10-15(22)8-9-16(14)17/h3,6-10,17H,2,4-5,11-12H2,1H3. The minimum absolute atomic E-state index is 0.149. The smallest absolute Gasteiger partial charge is 0.163 e. The van der Waals surface area contributed by atoms with Crippen molar-refractivity contribution >= 4 is 0 Å². The maximum absolute atomic E-state index is 13.7. The van der Waals surface area contributed by atoms with Crippen molar-refractivity contribution in [2.75, 3.05) is 0 Å². The van der Waals surface area contributed by atoms with E-state index in [1.807, 2.05) is 13.0 Å². The number of rotatable bonds is 1. The van der Waals surface area contributed by atoms with Gasteiger partial charge in [0, 0.05) is 11.5 Å². The highest BCUT2D eigenvalue weighted by Crippen LogP contribution is 2.40. The van der Waals surface area contributed by atoms with Gasteiger partial charge in [-0.15, -0.1) is 10.2 Å². The predicted molar refractivity (Wildman–Crippen MR) is 95.8 cm³/mol. The van der Waals surface area contributed by atoms with E-state index in [1.54, 1.807) is 12.1 Å². The van der Waals surface area contributed by atoms with Gasteiger partial charge in [-0.3, -0.25) is 4.57 Å². The number of hydrogen-bond donors (Lipinski definition) is 0. The van der Waals surface area contributed by atoms with E-state index >= 15 is 0 Å². The maximum atomic E-state index is 13.7. The summed E-state index contributed by atoms with van der Waals surface area (Å²) < 4.78 is 21.7. The molecule has 26 heavy (non-hydrogen) atoms. The van der Waals surface area contributed by atoms with Crippen LogP contribution in [0.3, 0.4) is 0 Å². The van der Waals surface area contributed by atoms with Crippen molar-refractivity contribution in [3.8, 4) is 5.69 Å². The van der Waals surface area contributed by atoms with Crippen molar-refractivity contribution in [3.05, 3.63) is 76.1 Å². The van der Waals surface area contributed by atoms with Crippen molar-refractivity contribution < 1.29 is 9.13 Å². The van der Waals surface area contributed by atoms with Crippen LogP contribution in [0, 0.1) is 12.7 Å². The molecule has 2 aromatic carbocycles. The second kappa shape index (κ2) is 6.02. The average molecular weight is 349 g/mol. The lowest BCUT2D eigenvalue weighted by molar-refractivity contribution is 0.104. The van der Waals surface area contributed by atoms with Gasteiger partial charge < -0.3 is 4.74 Å². The summed E-state index contributed by atoms with van der Waals surface area (Å²) in [7, 11) is 0. The third-order valence-electron chi connectivity index (χ3n) is 5.59. The molecule has 5 rings (SSSR count). The first kappa shape index (κ1) is 15.7. The van der Waals surface area contributed by atoms with Crippen molar-refractivity contribution in [1.82, 2.24) is 14.8 Å². The third-order valence-corrected chi connectivity index (χ3v) is 5.59. The highest BCUT2D eigenvalue weighted by Gasteiger charge is 2.27. The fraction of sp³-hybridized carbons (Fsp3) is 0.333. The van der Waals surface area contributed by atoms with E-state index in [0.29, 0.717) is 13.2 Å². The number of halogens is 1. The molecule has 1 unspecified atom stereocenters. The van der Waals surface area contributed by atoms with Crippen LogP contribution in [-0.4, -0.2) is 14.8 Å². The van der Waals surface area contributed by atoms with Gasteiger partial charge in [0.2, 0.25) is 0 Å². The Kier molecular flexibility index (Phi) is 3.64. The average Bonchev–Trinajstić information content (AvgIpc) is 2.90. The Morgan fingerprint density at radius 3 is 2.96 bits per heavy atom. The molecule has 1 aliphatic carbocycles. The first-order valence-corrected chi connectivity index (χ1v) is 9.11.